The van der Waals surface area contributed by atoms with Gasteiger partial charge in [-0.25, -0.2) is 0 Å². The highest BCUT2D eigenvalue weighted by atomic mass is 16.5. The average Bonchev–Trinajstić information content (AvgIpc) is 2.78. The summed E-state index contributed by atoms with van der Waals surface area (Å²) in [5.41, 5.74) is 3.95. The number of Topliss-reactive ketones (excluding diaryl/α,β-unsaturated/α-hetero) is 1. The maximum Gasteiger partial charge on any atom is 0.165 e. The number of hydrogen-bond acceptors (Lipinski definition) is 4. The van der Waals surface area contributed by atoms with E-state index in [0.29, 0.717) is 29.4 Å². The fourth-order valence-electron chi connectivity index (χ4n) is 3.41. The van der Waals surface area contributed by atoms with Crippen molar-refractivity contribution in [2.75, 3.05) is 19.5 Å². The van der Waals surface area contributed by atoms with E-state index in [1.54, 1.807) is 32.4 Å². The van der Waals surface area contributed by atoms with E-state index in [2.05, 4.69) is 43.4 Å². The normalized spacial score (nSPS) is 11.8. The number of benzene rings is 3. The third kappa shape index (κ3) is 5.20. The Morgan fingerprint density at radius 1 is 0.833 bits per heavy atom. The van der Waals surface area contributed by atoms with Crippen molar-refractivity contribution in [2.45, 2.75) is 32.2 Å². The lowest BCUT2D eigenvalue weighted by Crippen LogP contribution is -2.16. The van der Waals surface area contributed by atoms with E-state index in [-0.39, 0.29) is 11.8 Å². The van der Waals surface area contributed by atoms with Gasteiger partial charge in [0.1, 0.15) is 0 Å². The zero-order valence-corrected chi connectivity index (χ0v) is 18.0. The van der Waals surface area contributed by atoms with Crippen LogP contribution in [-0.2, 0) is 0 Å². The molecule has 1 N–H and O–H groups in total. The van der Waals surface area contributed by atoms with Crippen LogP contribution in [0.2, 0.25) is 0 Å². The molecule has 3 aromatic rings. The zero-order chi connectivity index (χ0) is 21.5. The molecular formula is C26H29NO3. The zero-order valence-electron chi connectivity index (χ0n) is 18.0. The molecule has 0 amide bonds. The van der Waals surface area contributed by atoms with E-state index >= 15 is 0 Å². The molecule has 3 rings (SSSR count). The molecule has 0 saturated carbocycles. The van der Waals surface area contributed by atoms with Crippen LogP contribution in [0.15, 0.2) is 72.8 Å². The second-order valence-corrected chi connectivity index (χ2v) is 7.58. The summed E-state index contributed by atoms with van der Waals surface area (Å²) >= 11 is 0. The predicted octanol–water partition coefficient (Wildman–Crippen LogP) is 6.25. The van der Waals surface area contributed by atoms with Gasteiger partial charge < -0.3 is 14.8 Å². The predicted molar refractivity (Wildman–Crippen MR) is 122 cm³/mol. The maximum absolute atomic E-state index is 13.1. The van der Waals surface area contributed by atoms with Gasteiger partial charge in [-0.05, 0) is 47.4 Å². The van der Waals surface area contributed by atoms with Crippen molar-refractivity contribution < 1.29 is 14.3 Å². The van der Waals surface area contributed by atoms with Crippen molar-refractivity contribution in [3.63, 3.8) is 0 Å². The minimum atomic E-state index is -0.144. The fraction of sp³-hybridized carbons (Fsp3) is 0.269. The molecule has 0 bridgehead atoms. The summed E-state index contributed by atoms with van der Waals surface area (Å²) in [5, 5.41) is 3.52. The lowest BCUT2D eigenvalue weighted by atomic mass is 9.94. The Bertz CT molecular complexity index is 965. The molecule has 0 spiro atoms. The Hall–Kier alpha value is -3.27. The molecule has 0 aliphatic heterocycles. The van der Waals surface area contributed by atoms with Gasteiger partial charge in [-0.15, -0.1) is 0 Å². The summed E-state index contributed by atoms with van der Waals surface area (Å²) in [6, 6.07) is 23.6. The monoisotopic (exact) mass is 403 g/mol. The molecule has 0 aliphatic carbocycles. The first-order chi connectivity index (χ1) is 14.5. The highest BCUT2D eigenvalue weighted by Crippen LogP contribution is 2.30. The first kappa shape index (κ1) is 21.4. The second kappa shape index (κ2) is 9.97. The topological polar surface area (TPSA) is 47.6 Å². The molecule has 4 heteroatoms. The van der Waals surface area contributed by atoms with Crippen molar-refractivity contribution in [1.82, 2.24) is 0 Å². The summed E-state index contributed by atoms with van der Waals surface area (Å²) in [4.78, 5) is 13.1. The summed E-state index contributed by atoms with van der Waals surface area (Å²) in [7, 11) is 3.15. The molecule has 4 nitrogen and oxygen atoms in total. The van der Waals surface area contributed by atoms with Crippen molar-refractivity contribution in [3.05, 3.63) is 89.5 Å². The molecular weight excluding hydrogens is 374 g/mol. The second-order valence-electron chi connectivity index (χ2n) is 7.58. The first-order valence-electron chi connectivity index (χ1n) is 10.2. The Morgan fingerprint density at radius 3 is 2.07 bits per heavy atom. The standard InChI is InChI=1S/C26H29NO3/c1-18(2)19-10-12-20(13-11-19)23(27-22-8-6-5-7-9-22)17-24(28)21-14-15-25(29-3)26(16-21)30-4/h5-16,18,23,27H,17H2,1-4H3. The number of nitrogens with one attached hydrogen (secondary N) is 1. The molecule has 3 aromatic carbocycles. The summed E-state index contributed by atoms with van der Waals surface area (Å²) in [5.74, 6) is 1.67. The lowest BCUT2D eigenvalue weighted by Gasteiger charge is -2.21. The van der Waals surface area contributed by atoms with Gasteiger partial charge in [0.25, 0.3) is 0 Å². The van der Waals surface area contributed by atoms with Gasteiger partial charge in [0.05, 0.1) is 20.3 Å². The maximum atomic E-state index is 13.1. The van der Waals surface area contributed by atoms with Crippen LogP contribution < -0.4 is 14.8 Å². The molecule has 0 saturated heterocycles. The number of anilines is 1. The SMILES string of the molecule is COc1ccc(C(=O)CC(Nc2ccccc2)c2ccc(C(C)C)cc2)cc1OC. The van der Waals surface area contributed by atoms with Crippen LogP contribution in [0.1, 0.15) is 53.7 Å². The van der Waals surface area contributed by atoms with Crippen LogP contribution in [0.25, 0.3) is 0 Å². The Labute approximate surface area is 178 Å². The number of ketones is 1. The van der Waals surface area contributed by atoms with Gasteiger partial charge in [0.2, 0.25) is 0 Å². The molecule has 0 aromatic heterocycles. The van der Waals surface area contributed by atoms with Gasteiger partial charge in [0.15, 0.2) is 17.3 Å². The fourth-order valence-corrected chi connectivity index (χ4v) is 3.41. The third-order valence-corrected chi connectivity index (χ3v) is 5.22. The minimum Gasteiger partial charge on any atom is -0.493 e. The van der Waals surface area contributed by atoms with Gasteiger partial charge in [-0.3, -0.25) is 4.79 Å². The van der Waals surface area contributed by atoms with E-state index in [0.717, 1.165) is 11.3 Å². The number of methoxy groups -OCH3 is 2. The number of carbonyl (C=O) groups is 1. The summed E-state index contributed by atoms with van der Waals surface area (Å²) in [6.45, 7) is 4.35. The van der Waals surface area contributed by atoms with Crippen molar-refractivity contribution in [1.29, 1.82) is 0 Å². The summed E-state index contributed by atoms with van der Waals surface area (Å²) < 4.78 is 10.6. The number of carbonyl (C=O) groups excluding carboxylic acids is 1. The smallest absolute Gasteiger partial charge is 0.165 e. The Balaban J connectivity index is 1.87. The minimum absolute atomic E-state index is 0.0392. The molecule has 1 atom stereocenters. The third-order valence-electron chi connectivity index (χ3n) is 5.22. The van der Waals surface area contributed by atoms with Crippen molar-refractivity contribution in [3.8, 4) is 11.5 Å². The van der Waals surface area contributed by atoms with Crippen LogP contribution in [0.4, 0.5) is 5.69 Å². The van der Waals surface area contributed by atoms with Gasteiger partial charge >= 0.3 is 0 Å². The van der Waals surface area contributed by atoms with E-state index in [1.807, 2.05) is 30.3 Å². The molecule has 0 heterocycles. The lowest BCUT2D eigenvalue weighted by molar-refractivity contribution is 0.0976. The van der Waals surface area contributed by atoms with Crippen LogP contribution in [0.3, 0.4) is 0 Å². The van der Waals surface area contributed by atoms with E-state index in [9.17, 15) is 4.79 Å². The number of hydrogen-bond donors (Lipinski definition) is 1. The first-order valence-corrected chi connectivity index (χ1v) is 10.2. The molecule has 156 valence electrons. The van der Waals surface area contributed by atoms with Crippen LogP contribution in [-0.4, -0.2) is 20.0 Å². The highest BCUT2D eigenvalue weighted by molar-refractivity contribution is 5.97. The van der Waals surface area contributed by atoms with Crippen molar-refractivity contribution >= 4 is 11.5 Å². The van der Waals surface area contributed by atoms with Gasteiger partial charge in [-0.2, -0.15) is 0 Å². The van der Waals surface area contributed by atoms with E-state index < -0.39 is 0 Å². The van der Waals surface area contributed by atoms with Gasteiger partial charge in [-0.1, -0.05) is 56.3 Å². The van der Waals surface area contributed by atoms with Gasteiger partial charge in [0, 0.05) is 17.7 Å². The Kier molecular flexibility index (Phi) is 7.12. The van der Waals surface area contributed by atoms with Crippen molar-refractivity contribution in [2.24, 2.45) is 0 Å². The quantitative estimate of drug-likeness (QED) is 0.429. The van der Waals surface area contributed by atoms with Crippen LogP contribution in [0, 0.1) is 0 Å². The Morgan fingerprint density at radius 2 is 1.47 bits per heavy atom. The molecule has 0 aliphatic rings. The van der Waals surface area contributed by atoms with Crippen LogP contribution in [0.5, 0.6) is 11.5 Å². The van der Waals surface area contributed by atoms with Crippen LogP contribution >= 0.6 is 0 Å². The summed E-state index contributed by atoms with van der Waals surface area (Å²) in [6.07, 6.45) is 0.325. The number of para-hydroxylation sites is 1. The number of ether oxygens (including phenoxy) is 2. The largest absolute Gasteiger partial charge is 0.493 e. The molecule has 30 heavy (non-hydrogen) atoms. The molecule has 1 unspecified atom stereocenters. The average molecular weight is 404 g/mol. The molecule has 0 radical (unpaired) electrons. The number of rotatable bonds is 9. The molecule has 0 fully saturated rings. The van der Waals surface area contributed by atoms with E-state index in [4.69, 9.17) is 9.47 Å². The highest BCUT2D eigenvalue weighted by Gasteiger charge is 2.19. The van der Waals surface area contributed by atoms with E-state index in [1.165, 1.54) is 5.56 Å².